The first-order valence-corrected chi connectivity index (χ1v) is 12.4. The van der Waals surface area contributed by atoms with Crippen LogP contribution in [0.4, 0.5) is 11.5 Å². The fourth-order valence-corrected chi connectivity index (χ4v) is 6.12. The van der Waals surface area contributed by atoms with Gasteiger partial charge in [-0.1, -0.05) is 22.9 Å². The van der Waals surface area contributed by atoms with E-state index in [0.717, 1.165) is 78.2 Å². The summed E-state index contributed by atoms with van der Waals surface area (Å²) < 4.78 is 6.65. The summed E-state index contributed by atoms with van der Waals surface area (Å²) in [5, 5.41) is 4.88. The topological polar surface area (TPSA) is 51.5 Å². The number of halogens is 1. The average Bonchev–Trinajstić information content (AvgIpc) is 3.09. The van der Waals surface area contributed by atoms with Crippen LogP contribution in [0, 0.1) is 12.8 Å². The number of thiophene rings is 1. The van der Waals surface area contributed by atoms with Crippen molar-refractivity contribution in [2.45, 2.75) is 39.7 Å². The van der Waals surface area contributed by atoms with Crippen LogP contribution < -0.4 is 10.2 Å². The normalized spacial score (nSPS) is 19.8. The van der Waals surface area contributed by atoms with Crippen LogP contribution in [0.5, 0.6) is 0 Å². The van der Waals surface area contributed by atoms with E-state index in [1.807, 2.05) is 11.3 Å². The zero-order chi connectivity index (χ0) is 20.7. The van der Waals surface area contributed by atoms with Crippen molar-refractivity contribution >= 4 is 49.0 Å². The highest BCUT2D eigenvalue weighted by molar-refractivity contribution is 9.10. The third-order valence-electron chi connectivity index (χ3n) is 6.23. The Morgan fingerprint density at radius 2 is 2.10 bits per heavy atom. The maximum atomic E-state index is 5.52. The summed E-state index contributed by atoms with van der Waals surface area (Å²) in [6.45, 7) is 9.02. The van der Waals surface area contributed by atoms with E-state index < -0.39 is 0 Å². The van der Waals surface area contributed by atoms with Gasteiger partial charge in [0.2, 0.25) is 0 Å². The Hall–Kier alpha value is -1.54. The number of benzene rings is 1. The first kappa shape index (κ1) is 20.4. The van der Waals surface area contributed by atoms with Crippen molar-refractivity contribution < 1.29 is 9.64 Å². The number of nitrogens with one attached hydrogen (secondary N) is 2. The molecule has 0 amide bonds. The van der Waals surface area contributed by atoms with E-state index in [1.54, 1.807) is 0 Å². The number of aryl methyl sites for hydroxylation is 2. The lowest BCUT2D eigenvalue weighted by Gasteiger charge is -2.23. The smallest absolute Gasteiger partial charge is 0.187 e. The number of nitrogens with zero attached hydrogens (tertiary/aromatic N) is 2. The minimum Gasteiger partial charge on any atom is -0.370 e. The van der Waals surface area contributed by atoms with Crippen molar-refractivity contribution in [1.82, 2.24) is 9.97 Å². The van der Waals surface area contributed by atoms with Gasteiger partial charge in [-0.05, 0) is 61.4 Å². The molecular weight excluding hydrogens is 460 g/mol. The molecule has 5 nitrogen and oxygen atoms in total. The molecule has 1 aliphatic carbocycles. The fraction of sp³-hybridized carbons (Fsp3) is 0.478. The maximum Gasteiger partial charge on any atom is 0.187 e. The van der Waals surface area contributed by atoms with Crippen LogP contribution in [0.2, 0.25) is 0 Å². The zero-order valence-corrected chi connectivity index (χ0v) is 20.0. The number of anilines is 2. The SMILES string of the molecule is Cc1cc(Nc2nc(C[NH+]3CCOCC3)nc3sc4c(c23)CCC(C)C4)ccc1Br. The molecule has 158 valence electrons. The van der Waals surface area contributed by atoms with Crippen LogP contribution in [-0.2, 0) is 24.1 Å². The van der Waals surface area contributed by atoms with Crippen molar-refractivity contribution in [3.63, 3.8) is 0 Å². The van der Waals surface area contributed by atoms with E-state index in [0.29, 0.717) is 0 Å². The second kappa shape index (κ2) is 8.54. The average molecular weight is 488 g/mol. The van der Waals surface area contributed by atoms with Crippen LogP contribution in [-0.4, -0.2) is 36.3 Å². The van der Waals surface area contributed by atoms with Gasteiger partial charge in [-0.15, -0.1) is 11.3 Å². The summed E-state index contributed by atoms with van der Waals surface area (Å²) in [6, 6.07) is 6.38. The zero-order valence-electron chi connectivity index (χ0n) is 17.6. The molecule has 0 bridgehead atoms. The lowest BCUT2D eigenvalue weighted by molar-refractivity contribution is -0.922. The first-order valence-electron chi connectivity index (χ1n) is 10.8. The number of morpholine rings is 1. The highest BCUT2D eigenvalue weighted by Crippen LogP contribution is 2.40. The Morgan fingerprint density at radius 3 is 2.90 bits per heavy atom. The van der Waals surface area contributed by atoms with Crippen molar-refractivity contribution in [2.24, 2.45) is 5.92 Å². The number of fused-ring (bicyclic) bond motifs is 3. The lowest BCUT2D eigenvalue weighted by Crippen LogP contribution is -3.12. The number of ether oxygens (including phenoxy) is 1. The highest BCUT2D eigenvalue weighted by atomic mass is 79.9. The van der Waals surface area contributed by atoms with Gasteiger partial charge in [0.15, 0.2) is 5.82 Å². The van der Waals surface area contributed by atoms with E-state index in [-0.39, 0.29) is 0 Å². The van der Waals surface area contributed by atoms with Crippen molar-refractivity contribution in [1.29, 1.82) is 0 Å². The summed E-state index contributed by atoms with van der Waals surface area (Å²) in [4.78, 5) is 14.2. The van der Waals surface area contributed by atoms with Crippen LogP contribution in [0.15, 0.2) is 22.7 Å². The molecule has 30 heavy (non-hydrogen) atoms. The number of quaternary nitrogens is 1. The third kappa shape index (κ3) is 4.13. The van der Waals surface area contributed by atoms with Crippen LogP contribution in [0.3, 0.4) is 0 Å². The highest BCUT2D eigenvalue weighted by Gasteiger charge is 2.25. The van der Waals surface area contributed by atoms with Crippen molar-refractivity contribution in [3.05, 3.63) is 44.5 Å². The lowest BCUT2D eigenvalue weighted by atomic mass is 9.89. The van der Waals surface area contributed by atoms with Crippen LogP contribution >= 0.6 is 27.3 Å². The summed E-state index contributed by atoms with van der Waals surface area (Å²) in [5.74, 6) is 2.65. The van der Waals surface area contributed by atoms with Gasteiger partial charge in [-0.25, -0.2) is 9.97 Å². The quantitative estimate of drug-likeness (QED) is 0.582. The van der Waals surface area contributed by atoms with Gasteiger partial charge in [0, 0.05) is 15.0 Å². The molecule has 2 N–H and O–H groups in total. The molecule has 0 spiro atoms. The molecule has 7 heteroatoms. The number of hydrogen-bond donors (Lipinski definition) is 2. The van der Waals surface area contributed by atoms with Gasteiger partial charge in [-0.3, -0.25) is 0 Å². The summed E-state index contributed by atoms with van der Waals surface area (Å²) in [6.07, 6.45) is 3.54. The van der Waals surface area contributed by atoms with Crippen LogP contribution in [0.1, 0.15) is 35.2 Å². The first-order chi connectivity index (χ1) is 14.6. The minimum atomic E-state index is 0.751. The summed E-state index contributed by atoms with van der Waals surface area (Å²) in [5.41, 5.74) is 3.75. The van der Waals surface area contributed by atoms with Gasteiger partial charge in [0.05, 0.1) is 18.6 Å². The second-order valence-electron chi connectivity index (χ2n) is 8.65. The fourth-order valence-electron chi connectivity index (χ4n) is 4.48. The Labute approximate surface area is 190 Å². The van der Waals surface area contributed by atoms with Crippen LogP contribution in [0.25, 0.3) is 10.2 Å². The molecule has 1 atom stereocenters. The van der Waals surface area contributed by atoms with E-state index in [9.17, 15) is 0 Å². The molecule has 1 aliphatic heterocycles. The molecular formula is C23H28BrN4OS+. The van der Waals surface area contributed by atoms with Gasteiger partial charge in [0.1, 0.15) is 30.3 Å². The standard InChI is InChI=1S/C23H27BrN4OS/c1-14-3-5-17-19(11-14)30-23-21(17)22(25-16-4-6-18(24)15(2)12-16)26-20(27-23)13-28-7-9-29-10-8-28/h4,6,12,14H,3,5,7-11,13H2,1-2H3,(H,25,26,27)/p+1. The second-order valence-corrected chi connectivity index (χ2v) is 10.6. The molecule has 1 fully saturated rings. The number of hydrogen-bond acceptors (Lipinski definition) is 5. The Bertz CT molecular complexity index is 1080. The molecule has 2 aliphatic rings. The third-order valence-corrected chi connectivity index (χ3v) is 8.27. The molecule has 1 aromatic carbocycles. The maximum absolute atomic E-state index is 5.52. The molecule has 1 saturated heterocycles. The molecule has 0 radical (unpaired) electrons. The summed E-state index contributed by atoms with van der Waals surface area (Å²) >= 11 is 5.48. The van der Waals surface area contributed by atoms with Crippen molar-refractivity contribution in [3.8, 4) is 0 Å². The van der Waals surface area contributed by atoms with E-state index in [2.05, 4.69) is 53.3 Å². The van der Waals surface area contributed by atoms with Gasteiger partial charge in [-0.2, -0.15) is 0 Å². The molecule has 2 aromatic heterocycles. The summed E-state index contributed by atoms with van der Waals surface area (Å²) in [7, 11) is 0. The van der Waals surface area contributed by atoms with E-state index in [1.165, 1.54) is 32.7 Å². The minimum absolute atomic E-state index is 0.751. The Morgan fingerprint density at radius 1 is 1.27 bits per heavy atom. The number of aromatic nitrogens is 2. The van der Waals surface area contributed by atoms with Crippen molar-refractivity contribution in [2.75, 3.05) is 31.6 Å². The van der Waals surface area contributed by atoms with E-state index in [4.69, 9.17) is 14.7 Å². The molecule has 3 aromatic rings. The predicted octanol–water partition coefficient (Wildman–Crippen LogP) is 4.05. The largest absolute Gasteiger partial charge is 0.370 e. The number of rotatable bonds is 4. The van der Waals surface area contributed by atoms with E-state index >= 15 is 0 Å². The molecule has 1 unspecified atom stereocenters. The Kier molecular flexibility index (Phi) is 5.79. The molecule has 5 rings (SSSR count). The Balaban J connectivity index is 1.56. The monoisotopic (exact) mass is 487 g/mol. The van der Waals surface area contributed by atoms with Gasteiger partial charge < -0.3 is 15.0 Å². The molecule has 0 saturated carbocycles. The molecule has 3 heterocycles. The van der Waals surface area contributed by atoms with Gasteiger partial charge in [0.25, 0.3) is 0 Å². The van der Waals surface area contributed by atoms with Gasteiger partial charge >= 0.3 is 0 Å². The predicted molar refractivity (Wildman–Crippen MR) is 126 cm³/mol.